The van der Waals surface area contributed by atoms with E-state index in [2.05, 4.69) is 58.7 Å². The summed E-state index contributed by atoms with van der Waals surface area (Å²) in [6.07, 6.45) is 2.67. The largest absolute Gasteiger partial charge is 0.493 e. The molecule has 1 atom stereocenters. The third kappa shape index (κ3) is 4.82. The van der Waals surface area contributed by atoms with Gasteiger partial charge in [-0.3, -0.25) is 0 Å². The minimum absolute atomic E-state index is 0.402. The lowest BCUT2D eigenvalue weighted by molar-refractivity contribution is 0.267. The second kappa shape index (κ2) is 9.48. The van der Waals surface area contributed by atoms with Crippen molar-refractivity contribution in [2.75, 3.05) is 19.7 Å². The molecule has 0 bridgehead atoms. The van der Waals surface area contributed by atoms with E-state index in [1.807, 2.05) is 24.3 Å². The third-order valence-electron chi connectivity index (χ3n) is 5.19. The van der Waals surface area contributed by atoms with Gasteiger partial charge in [0.2, 0.25) is 5.89 Å². The van der Waals surface area contributed by atoms with Crippen LogP contribution in [0.1, 0.15) is 36.1 Å². The quantitative estimate of drug-likeness (QED) is 0.474. The molecule has 0 fully saturated rings. The molecule has 1 aliphatic heterocycles. The maximum Gasteiger partial charge on any atom is 0.226 e. The van der Waals surface area contributed by atoms with Gasteiger partial charge < -0.3 is 19.8 Å². The molecule has 1 aromatic heterocycles. The van der Waals surface area contributed by atoms with Crippen LogP contribution >= 0.6 is 0 Å². The highest BCUT2D eigenvalue weighted by Crippen LogP contribution is 2.32. The Kier molecular flexibility index (Phi) is 6.32. The van der Waals surface area contributed by atoms with E-state index in [4.69, 9.17) is 9.15 Å². The molecule has 2 N–H and O–H groups in total. The van der Waals surface area contributed by atoms with E-state index in [9.17, 15) is 0 Å². The molecule has 3 aromatic rings. The van der Waals surface area contributed by atoms with Crippen molar-refractivity contribution in [3.63, 3.8) is 0 Å². The molecule has 1 aliphatic rings. The number of nitrogens with zero attached hydrogens (tertiary/aromatic N) is 2. The Bertz CT molecular complexity index is 994. The van der Waals surface area contributed by atoms with Crippen LogP contribution in [0.2, 0.25) is 0 Å². The molecule has 0 amide bonds. The molecule has 2 aromatic carbocycles. The maximum atomic E-state index is 5.77. The molecule has 30 heavy (non-hydrogen) atoms. The fourth-order valence-corrected chi connectivity index (χ4v) is 3.56. The molecule has 0 saturated carbocycles. The molecule has 6 nitrogen and oxygen atoms in total. The van der Waals surface area contributed by atoms with Crippen LogP contribution in [0.15, 0.2) is 64.2 Å². The summed E-state index contributed by atoms with van der Waals surface area (Å²) in [4.78, 5) is 9.26. The van der Waals surface area contributed by atoms with Crippen LogP contribution in [0.5, 0.6) is 5.75 Å². The van der Waals surface area contributed by atoms with Gasteiger partial charge in [-0.25, -0.2) is 9.98 Å². The van der Waals surface area contributed by atoms with Crippen LogP contribution in [0.4, 0.5) is 0 Å². The van der Waals surface area contributed by atoms with Crippen LogP contribution in [0, 0.1) is 6.92 Å². The van der Waals surface area contributed by atoms with Crippen molar-refractivity contribution in [3.8, 4) is 17.2 Å². The number of ether oxygens (including phenoxy) is 1. The number of fused-ring (bicyclic) bond motifs is 1. The van der Waals surface area contributed by atoms with E-state index in [0.717, 1.165) is 49.1 Å². The zero-order valence-corrected chi connectivity index (χ0v) is 17.5. The van der Waals surface area contributed by atoms with Gasteiger partial charge in [-0.05, 0) is 44.0 Å². The molecule has 0 spiro atoms. The molecule has 156 valence electrons. The molecule has 4 rings (SSSR count). The summed E-state index contributed by atoms with van der Waals surface area (Å²) in [6.45, 7) is 6.93. The second-order valence-corrected chi connectivity index (χ2v) is 7.46. The summed E-state index contributed by atoms with van der Waals surface area (Å²) in [5, 5.41) is 6.78. The highest BCUT2D eigenvalue weighted by atomic mass is 16.5. The second-order valence-electron chi connectivity index (χ2n) is 7.46. The number of hydrogen-bond acceptors (Lipinski definition) is 4. The van der Waals surface area contributed by atoms with Crippen molar-refractivity contribution >= 4 is 5.96 Å². The lowest BCUT2D eigenvalue weighted by Crippen LogP contribution is -2.40. The monoisotopic (exact) mass is 404 g/mol. The minimum atomic E-state index is 0.402. The number of aromatic nitrogens is 1. The Morgan fingerprint density at radius 2 is 1.97 bits per heavy atom. The first-order chi connectivity index (χ1) is 14.7. The molecular weight excluding hydrogens is 376 g/mol. The van der Waals surface area contributed by atoms with Crippen molar-refractivity contribution in [1.82, 2.24) is 15.6 Å². The average molecular weight is 405 g/mol. The van der Waals surface area contributed by atoms with Crippen molar-refractivity contribution in [3.05, 3.63) is 71.6 Å². The SMILES string of the molecule is CCNC(=NCc1coc(-c2ccc(C)cc2)n1)NCC1CCOc2ccccc21. The summed E-state index contributed by atoms with van der Waals surface area (Å²) in [6, 6.07) is 16.4. The Morgan fingerprint density at radius 1 is 1.13 bits per heavy atom. The number of oxazole rings is 1. The fourth-order valence-electron chi connectivity index (χ4n) is 3.56. The first-order valence-corrected chi connectivity index (χ1v) is 10.5. The first-order valence-electron chi connectivity index (χ1n) is 10.5. The number of rotatable bonds is 6. The number of para-hydroxylation sites is 1. The number of nitrogens with one attached hydrogen (secondary N) is 2. The van der Waals surface area contributed by atoms with Crippen LogP contribution in [-0.2, 0) is 6.54 Å². The zero-order chi connectivity index (χ0) is 20.8. The highest BCUT2D eigenvalue weighted by Gasteiger charge is 2.21. The normalized spacial score (nSPS) is 15.9. The van der Waals surface area contributed by atoms with Gasteiger partial charge in [-0.2, -0.15) is 0 Å². The standard InChI is InChI=1S/C24H28N4O2/c1-3-25-24(26-14-19-12-13-29-22-7-5-4-6-21(19)22)27-15-20-16-30-23(28-20)18-10-8-17(2)9-11-18/h4-11,16,19H,3,12-15H2,1-2H3,(H2,25,26,27). The molecule has 0 radical (unpaired) electrons. The molecule has 2 heterocycles. The number of benzene rings is 2. The lowest BCUT2D eigenvalue weighted by Gasteiger charge is -2.26. The molecular formula is C24H28N4O2. The van der Waals surface area contributed by atoms with Crippen LogP contribution in [-0.4, -0.2) is 30.6 Å². The summed E-state index contributed by atoms with van der Waals surface area (Å²) in [5.74, 6) is 2.79. The molecule has 0 saturated heterocycles. The topological polar surface area (TPSA) is 71.7 Å². The van der Waals surface area contributed by atoms with E-state index in [-0.39, 0.29) is 0 Å². The zero-order valence-electron chi connectivity index (χ0n) is 17.5. The van der Waals surface area contributed by atoms with Gasteiger partial charge in [0.05, 0.1) is 13.2 Å². The van der Waals surface area contributed by atoms with E-state index in [1.54, 1.807) is 6.26 Å². The fraction of sp³-hybridized carbons (Fsp3) is 0.333. The Labute approximate surface area is 177 Å². The number of guanidine groups is 1. The van der Waals surface area contributed by atoms with Crippen molar-refractivity contribution in [2.24, 2.45) is 4.99 Å². The molecule has 0 aliphatic carbocycles. The van der Waals surface area contributed by atoms with Crippen molar-refractivity contribution in [1.29, 1.82) is 0 Å². The highest BCUT2D eigenvalue weighted by molar-refractivity contribution is 5.79. The Morgan fingerprint density at radius 3 is 2.80 bits per heavy atom. The van der Waals surface area contributed by atoms with Crippen molar-refractivity contribution < 1.29 is 9.15 Å². The van der Waals surface area contributed by atoms with Crippen LogP contribution < -0.4 is 15.4 Å². The van der Waals surface area contributed by atoms with Gasteiger partial charge in [0.1, 0.15) is 17.7 Å². The van der Waals surface area contributed by atoms with Gasteiger partial charge in [-0.1, -0.05) is 35.9 Å². The van der Waals surface area contributed by atoms with Gasteiger partial charge in [0, 0.05) is 24.6 Å². The number of aliphatic imine (C=N–C) groups is 1. The lowest BCUT2D eigenvalue weighted by atomic mass is 9.93. The minimum Gasteiger partial charge on any atom is -0.493 e. The summed E-state index contributed by atoms with van der Waals surface area (Å²) < 4.78 is 11.4. The van der Waals surface area contributed by atoms with E-state index < -0.39 is 0 Å². The summed E-state index contributed by atoms with van der Waals surface area (Å²) >= 11 is 0. The maximum absolute atomic E-state index is 5.77. The smallest absolute Gasteiger partial charge is 0.226 e. The van der Waals surface area contributed by atoms with Crippen LogP contribution in [0.3, 0.4) is 0 Å². The predicted molar refractivity (Wildman–Crippen MR) is 119 cm³/mol. The van der Waals surface area contributed by atoms with Crippen molar-refractivity contribution in [2.45, 2.75) is 32.7 Å². The third-order valence-corrected chi connectivity index (χ3v) is 5.19. The predicted octanol–water partition coefficient (Wildman–Crippen LogP) is 4.27. The molecule has 1 unspecified atom stereocenters. The van der Waals surface area contributed by atoms with Crippen LogP contribution in [0.25, 0.3) is 11.5 Å². The van der Waals surface area contributed by atoms with Gasteiger partial charge in [0.25, 0.3) is 0 Å². The first kappa shape index (κ1) is 20.0. The van der Waals surface area contributed by atoms with Gasteiger partial charge in [-0.15, -0.1) is 0 Å². The summed E-state index contributed by atoms with van der Waals surface area (Å²) in [7, 11) is 0. The van der Waals surface area contributed by atoms with E-state index in [1.165, 1.54) is 11.1 Å². The Hall–Kier alpha value is -3.28. The van der Waals surface area contributed by atoms with Gasteiger partial charge >= 0.3 is 0 Å². The average Bonchev–Trinajstić information content (AvgIpc) is 3.25. The number of aryl methyl sites for hydroxylation is 1. The molecule has 6 heteroatoms. The summed E-state index contributed by atoms with van der Waals surface area (Å²) in [5.41, 5.74) is 4.24. The Balaban J connectivity index is 1.39. The number of hydrogen-bond donors (Lipinski definition) is 2. The van der Waals surface area contributed by atoms with E-state index >= 15 is 0 Å². The van der Waals surface area contributed by atoms with Gasteiger partial charge in [0.15, 0.2) is 5.96 Å². The van der Waals surface area contributed by atoms with E-state index in [0.29, 0.717) is 18.4 Å².